The Labute approximate surface area is 112 Å². The van der Waals surface area contributed by atoms with Gasteiger partial charge in [0, 0.05) is 18.8 Å². The average molecular weight is 264 g/mol. The van der Waals surface area contributed by atoms with Gasteiger partial charge in [-0.3, -0.25) is 9.59 Å². The van der Waals surface area contributed by atoms with Crippen LogP contribution in [0.5, 0.6) is 5.75 Å². The largest absolute Gasteiger partial charge is 0.494 e. The molecule has 104 valence electrons. The molecule has 0 fully saturated rings. The van der Waals surface area contributed by atoms with Crippen molar-refractivity contribution in [2.24, 2.45) is 11.5 Å². The van der Waals surface area contributed by atoms with E-state index < -0.39 is 11.8 Å². The van der Waals surface area contributed by atoms with Gasteiger partial charge in [0.1, 0.15) is 5.75 Å². The van der Waals surface area contributed by atoms with Gasteiger partial charge in [-0.1, -0.05) is 19.1 Å². The van der Waals surface area contributed by atoms with E-state index in [1.54, 1.807) is 0 Å². The van der Waals surface area contributed by atoms with E-state index in [1.807, 2.05) is 31.2 Å². The van der Waals surface area contributed by atoms with Crippen LogP contribution in [0.4, 0.5) is 0 Å². The standard InChI is InChI=1S/C14H20N2O3/c1-2-7-19-12-5-3-10(4-6-12)11(8-13(15)17)9-14(16)18/h3-6,11H,2,7-9H2,1H3,(H2,15,17)(H2,16,18). The van der Waals surface area contributed by atoms with Crippen LogP contribution in [0.2, 0.25) is 0 Å². The normalized spacial score (nSPS) is 10.4. The van der Waals surface area contributed by atoms with E-state index >= 15 is 0 Å². The monoisotopic (exact) mass is 264 g/mol. The van der Waals surface area contributed by atoms with Crippen LogP contribution in [0.25, 0.3) is 0 Å². The van der Waals surface area contributed by atoms with E-state index in [-0.39, 0.29) is 18.8 Å². The molecule has 0 heterocycles. The summed E-state index contributed by atoms with van der Waals surface area (Å²) >= 11 is 0. The van der Waals surface area contributed by atoms with Gasteiger partial charge in [0.05, 0.1) is 6.61 Å². The number of hydrogen-bond donors (Lipinski definition) is 2. The fourth-order valence-electron chi connectivity index (χ4n) is 1.85. The SMILES string of the molecule is CCCOc1ccc(C(CC(N)=O)CC(N)=O)cc1. The Morgan fingerprint density at radius 3 is 2.05 bits per heavy atom. The van der Waals surface area contributed by atoms with Crippen molar-refractivity contribution >= 4 is 11.8 Å². The fourth-order valence-corrected chi connectivity index (χ4v) is 1.85. The van der Waals surface area contributed by atoms with Gasteiger partial charge in [0.2, 0.25) is 11.8 Å². The molecule has 0 aliphatic carbocycles. The van der Waals surface area contributed by atoms with Gasteiger partial charge in [-0.15, -0.1) is 0 Å². The van der Waals surface area contributed by atoms with E-state index in [4.69, 9.17) is 16.2 Å². The zero-order chi connectivity index (χ0) is 14.3. The van der Waals surface area contributed by atoms with Gasteiger partial charge in [-0.25, -0.2) is 0 Å². The number of hydrogen-bond acceptors (Lipinski definition) is 3. The van der Waals surface area contributed by atoms with Crippen LogP contribution in [0.15, 0.2) is 24.3 Å². The first-order valence-electron chi connectivity index (χ1n) is 6.32. The van der Waals surface area contributed by atoms with E-state index in [2.05, 4.69) is 0 Å². The van der Waals surface area contributed by atoms with Crippen molar-refractivity contribution in [1.82, 2.24) is 0 Å². The van der Waals surface area contributed by atoms with E-state index in [9.17, 15) is 9.59 Å². The van der Waals surface area contributed by atoms with Crippen LogP contribution < -0.4 is 16.2 Å². The summed E-state index contributed by atoms with van der Waals surface area (Å²) in [5.41, 5.74) is 11.2. The second kappa shape index (κ2) is 7.41. The molecule has 0 spiro atoms. The molecule has 0 aromatic heterocycles. The summed E-state index contributed by atoms with van der Waals surface area (Å²) in [5.74, 6) is -0.396. The Morgan fingerprint density at radius 1 is 1.11 bits per heavy atom. The Bertz CT molecular complexity index is 413. The Kier molecular flexibility index (Phi) is 5.85. The lowest BCUT2D eigenvalue weighted by molar-refractivity contribution is -0.119. The first-order chi connectivity index (χ1) is 9.02. The Balaban J connectivity index is 2.77. The summed E-state index contributed by atoms with van der Waals surface area (Å²) in [6.07, 6.45) is 1.16. The molecule has 4 N–H and O–H groups in total. The van der Waals surface area contributed by atoms with Gasteiger partial charge in [0.25, 0.3) is 0 Å². The minimum atomic E-state index is -0.447. The maximum Gasteiger partial charge on any atom is 0.218 e. The van der Waals surface area contributed by atoms with E-state index in [0.29, 0.717) is 6.61 Å². The van der Waals surface area contributed by atoms with Crippen LogP contribution in [-0.4, -0.2) is 18.4 Å². The third-order valence-electron chi connectivity index (χ3n) is 2.72. The van der Waals surface area contributed by atoms with Crippen molar-refractivity contribution < 1.29 is 14.3 Å². The minimum absolute atomic E-state index is 0.109. The van der Waals surface area contributed by atoms with Crippen molar-refractivity contribution in [3.63, 3.8) is 0 Å². The van der Waals surface area contributed by atoms with E-state index in [0.717, 1.165) is 17.7 Å². The summed E-state index contributed by atoms with van der Waals surface area (Å²) in [5, 5.41) is 0. The van der Waals surface area contributed by atoms with Gasteiger partial charge in [-0.05, 0) is 24.1 Å². The van der Waals surface area contributed by atoms with Crippen LogP contribution >= 0.6 is 0 Å². The molecule has 1 aromatic rings. The molecule has 0 atom stereocenters. The third-order valence-corrected chi connectivity index (χ3v) is 2.72. The molecule has 0 saturated carbocycles. The van der Waals surface area contributed by atoms with E-state index in [1.165, 1.54) is 0 Å². The van der Waals surface area contributed by atoms with Crippen molar-refractivity contribution in [2.75, 3.05) is 6.61 Å². The smallest absolute Gasteiger partial charge is 0.218 e. The number of amides is 2. The summed E-state index contributed by atoms with van der Waals surface area (Å²) < 4.78 is 5.47. The quantitative estimate of drug-likeness (QED) is 0.741. The maximum absolute atomic E-state index is 11.0. The predicted octanol–water partition coefficient (Wildman–Crippen LogP) is 1.31. The average Bonchev–Trinajstić information content (AvgIpc) is 2.35. The van der Waals surface area contributed by atoms with Crippen molar-refractivity contribution in [2.45, 2.75) is 32.1 Å². The Morgan fingerprint density at radius 2 is 1.63 bits per heavy atom. The second-order valence-corrected chi connectivity index (χ2v) is 4.46. The summed E-state index contributed by atoms with van der Waals surface area (Å²) in [7, 11) is 0. The third kappa shape index (κ3) is 5.42. The first kappa shape index (κ1) is 15.0. The maximum atomic E-state index is 11.0. The van der Waals surface area contributed by atoms with Crippen molar-refractivity contribution in [3.8, 4) is 5.75 Å². The molecule has 1 rings (SSSR count). The van der Waals surface area contributed by atoms with Gasteiger partial charge >= 0.3 is 0 Å². The molecular weight excluding hydrogens is 244 g/mol. The zero-order valence-corrected chi connectivity index (χ0v) is 11.1. The number of benzene rings is 1. The molecule has 0 saturated heterocycles. The molecule has 5 nitrogen and oxygen atoms in total. The molecule has 0 bridgehead atoms. The number of ether oxygens (including phenoxy) is 1. The molecule has 0 aliphatic rings. The number of nitrogens with two attached hydrogens (primary N) is 2. The molecule has 5 heteroatoms. The summed E-state index contributed by atoms with van der Waals surface area (Å²) in [6, 6.07) is 7.31. The van der Waals surface area contributed by atoms with Crippen LogP contribution in [0, 0.1) is 0 Å². The topological polar surface area (TPSA) is 95.4 Å². The number of primary amides is 2. The molecule has 0 unspecified atom stereocenters. The molecule has 0 aliphatic heterocycles. The summed E-state index contributed by atoms with van der Waals surface area (Å²) in [6.45, 7) is 2.69. The highest BCUT2D eigenvalue weighted by molar-refractivity contribution is 5.78. The van der Waals surface area contributed by atoms with Crippen LogP contribution in [-0.2, 0) is 9.59 Å². The molecular formula is C14H20N2O3. The summed E-state index contributed by atoms with van der Waals surface area (Å²) in [4.78, 5) is 22.0. The molecule has 0 radical (unpaired) electrons. The highest BCUT2D eigenvalue weighted by Gasteiger charge is 2.17. The lowest BCUT2D eigenvalue weighted by Crippen LogP contribution is -2.20. The molecule has 2 amide bonds. The van der Waals surface area contributed by atoms with Crippen LogP contribution in [0.3, 0.4) is 0 Å². The molecule has 19 heavy (non-hydrogen) atoms. The molecule has 1 aromatic carbocycles. The van der Waals surface area contributed by atoms with Crippen molar-refractivity contribution in [3.05, 3.63) is 29.8 Å². The minimum Gasteiger partial charge on any atom is -0.494 e. The van der Waals surface area contributed by atoms with Gasteiger partial charge in [0.15, 0.2) is 0 Å². The highest BCUT2D eigenvalue weighted by atomic mass is 16.5. The van der Waals surface area contributed by atoms with Gasteiger partial charge < -0.3 is 16.2 Å². The fraction of sp³-hybridized carbons (Fsp3) is 0.429. The van der Waals surface area contributed by atoms with Gasteiger partial charge in [-0.2, -0.15) is 0 Å². The first-order valence-corrected chi connectivity index (χ1v) is 6.32. The zero-order valence-electron chi connectivity index (χ0n) is 11.1. The number of rotatable bonds is 8. The lowest BCUT2D eigenvalue weighted by atomic mass is 9.92. The Hall–Kier alpha value is -2.04. The van der Waals surface area contributed by atoms with Crippen LogP contribution in [0.1, 0.15) is 37.7 Å². The number of carbonyl (C=O) groups is 2. The second-order valence-electron chi connectivity index (χ2n) is 4.46. The predicted molar refractivity (Wildman–Crippen MR) is 72.6 cm³/mol. The number of carbonyl (C=O) groups excluding carboxylic acids is 2. The highest BCUT2D eigenvalue weighted by Crippen LogP contribution is 2.25. The van der Waals surface area contributed by atoms with Crippen molar-refractivity contribution in [1.29, 1.82) is 0 Å². The lowest BCUT2D eigenvalue weighted by Gasteiger charge is -2.14.